The second-order valence-electron chi connectivity index (χ2n) is 10.1. The van der Waals surface area contributed by atoms with Crippen molar-refractivity contribution in [3.05, 3.63) is 88.1 Å². The van der Waals surface area contributed by atoms with Crippen LogP contribution in [0.3, 0.4) is 0 Å². The summed E-state index contributed by atoms with van der Waals surface area (Å²) in [5.41, 5.74) is 1.27. The van der Waals surface area contributed by atoms with Crippen molar-refractivity contribution in [2.75, 3.05) is 5.32 Å². The number of aryl methyl sites for hydroxylation is 1. The van der Waals surface area contributed by atoms with Crippen LogP contribution in [0.2, 0.25) is 5.02 Å². The van der Waals surface area contributed by atoms with E-state index >= 15 is 0 Å². The van der Waals surface area contributed by atoms with E-state index in [1.54, 1.807) is 43.3 Å². The molecule has 1 heterocycles. The lowest BCUT2D eigenvalue weighted by atomic mass is 9.95. The zero-order valence-corrected chi connectivity index (χ0v) is 23.7. The van der Waals surface area contributed by atoms with E-state index in [-0.39, 0.29) is 46.8 Å². The first-order valence-corrected chi connectivity index (χ1v) is 12.4. The third-order valence-corrected chi connectivity index (χ3v) is 6.33. The Labute approximate surface area is 240 Å². The van der Waals surface area contributed by atoms with Crippen LogP contribution in [0.5, 0.6) is 0 Å². The number of alkyl halides is 3. The quantitative estimate of drug-likeness (QED) is 0.250. The van der Waals surface area contributed by atoms with Crippen LogP contribution < -0.4 is 10.6 Å². The summed E-state index contributed by atoms with van der Waals surface area (Å²) < 4.78 is 39.6. The molecule has 4 aromatic rings. The minimum absolute atomic E-state index is 0. The van der Waals surface area contributed by atoms with E-state index < -0.39 is 23.1 Å². The highest BCUT2D eigenvalue weighted by molar-refractivity contribution is 6.34. The molecule has 1 aromatic heterocycles. The van der Waals surface area contributed by atoms with Gasteiger partial charge in [0.2, 0.25) is 5.91 Å². The van der Waals surface area contributed by atoms with E-state index in [1.165, 1.54) is 12.1 Å². The highest BCUT2D eigenvalue weighted by atomic mass is 35.5. The molecule has 2 N–H and O–H groups in total. The van der Waals surface area contributed by atoms with Gasteiger partial charge in [0, 0.05) is 34.3 Å². The summed E-state index contributed by atoms with van der Waals surface area (Å²) in [6.07, 6.45) is -4.49. The van der Waals surface area contributed by atoms with Crippen LogP contribution in [-0.4, -0.2) is 21.8 Å². The van der Waals surface area contributed by atoms with Gasteiger partial charge < -0.3 is 10.6 Å². The van der Waals surface area contributed by atoms with Crippen molar-refractivity contribution < 1.29 is 22.8 Å². The number of nitrogens with zero attached hydrogens (tertiary/aromatic N) is 2. The Morgan fingerprint density at radius 1 is 0.950 bits per heavy atom. The lowest BCUT2D eigenvalue weighted by Gasteiger charge is -2.18. The normalized spacial score (nSPS) is 11.6. The summed E-state index contributed by atoms with van der Waals surface area (Å²) in [6, 6.07) is 14.8. The molecule has 0 atom stereocenters. The number of carbonyl (C=O) groups is 2. The first kappa shape index (κ1) is 30.8. The minimum atomic E-state index is -4.49. The summed E-state index contributed by atoms with van der Waals surface area (Å²) in [4.78, 5) is 34.1. The van der Waals surface area contributed by atoms with Crippen LogP contribution in [-0.2, 0) is 17.5 Å². The predicted octanol–water partition coefficient (Wildman–Crippen LogP) is 7.61. The minimum Gasteiger partial charge on any atom is -0.352 e. The third kappa shape index (κ3) is 7.08. The van der Waals surface area contributed by atoms with Crippen molar-refractivity contribution >= 4 is 52.4 Å². The zero-order chi connectivity index (χ0) is 28.5. The zero-order valence-electron chi connectivity index (χ0n) is 22.1. The summed E-state index contributed by atoms with van der Waals surface area (Å²) in [5, 5.41) is 6.57. The van der Waals surface area contributed by atoms with Gasteiger partial charge in [-0.05, 0) is 55.0 Å². The van der Waals surface area contributed by atoms with Crippen LogP contribution in [0.1, 0.15) is 48.0 Å². The number of hydrogen-bond acceptors (Lipinski definition) is 4. The molecule has 210 valence electrons. The third-order valence-electron chi connectivity index (χ3n) is 6.00. The number of carbonyl (C=O) groups excluding carboxylic acids is 2. The van der Waals surface area contributed by atoms with Gasteiger partial charge in [-0.3, -0.25) is 9.59 Å². The molecule has 0 saturated carbocycles. The second-order valence-corrected chi connectivity index (χ2v) is 10.6. The number of hydrogen-bond donors (Lipinski definition) is 2. The maximum absolute atomic E-state index is 13.2. The van der Waals surface area contributed by atoms with Crippen LogP contribution >= 0.6 is 24.0 Å². The Bertz CT molecular complexity index is 1580. The lowest BCUT2D eigenvalue weighted by molar-refractivity contribution is -0.137. The number of anilines is 1. The van der Waals surface area contributed by atoms with E-state index in [1.807, 2.05) is 20.8 Å². The average Bonchev–Trinajstić information content (AvgIpc) is 2.86. The van der Waals surface area contributed by atoms with Gasteiger partial charge >= 0.3 is 6.18 Å². The lowest BCUT2D eigenvalue weighted by Crippen LogP contribution is -2.34. The number of aromatic nitrogens is 2. The molecule has 0 spiro atoms. The highest BCUT2D eigenvalue weighted by Crippen LogP contribution is 2.32. The number of rotatable bonds is 5. The first-order valence-electron chi connectivity index (χ1n) is 12.1. The van der Waals surface area contributed by atoms with Gasteiger partial charge in [0.25, 0.3) is 5.91 Å². The summed E-state index contributed by atoms with van der Waals surface area (Å²) in [5.74, 6) is -0.448. The maximum Gasteiger partial charge on any atom is 0.416 e. The fourth-order valence-electron chi connectivity index (χ4n) is 3.83. The van der Waals surface area contributed by atoms with Crippen LogP contribution in [0.15, 0.2) is 60.7 Å². The van der Waals surface area contributed by atoms with Gasteiger partial charge in [-0.15, -0.1) is 12.4 Å². The predicted molar refractivity (Wildman–Crippen MR) is 153 cm³/mol. The Morgan fingerprint density at radius 3 is 2.35 bits per heavy atom. The highest BCUT2D eigenvalue weighted by Gasteiger charge is 2.30. The molecule has 0 aliphatic rings. The summed E-state index contributed by atoms with van der Waals surface area (Å²) >= 11 is 6.29. The maximum atomic E-state index is 13.2. The van der Waals surface area contributed by atoms with Gasteiger partial charge in [0.1, 0.15) is 0 Å². The second kappa shape index (κ2) is 11.8. The van der Waals surface area contributed by atoms with Gasteiger partial charge in [-0.2, -0.15) is 13.2 Å². The van der Waals surface area contributed by atoms with E-state index in [2.05, 4.69) is 20.6 Å². The van der Waals surface area contributed by atoms with E-state index in [9.17, 15) is 22.8 Å². The van der Waals surface area contributed by atoms with Crippen molar-refractivity contribution in [3.8, 4) is 11.4 Å². The van der Waals surface area contributed by atoms with Gasteiger partial charge in [0.15, 0.2) is 5.82 Å². The van der Waals surface area contributed by atoms with Gasteiger partial charge in [-0.1, -0.05) is 50.6 Å². The molecule has 0 fully saturated rings. The molecular weight excluding hydrogens is 564 g/mol. The number of halogens is 5. The number of amides is 2. The van der Waals surface area contributed by atoms with E-state index in [4.69, 9.17) is 11.6 Å². The molecule has 6 nitrogen and oxygen atoms in total. The molecule has 2 amide bonds. The molecule has 0 bridgehead atoms. The molecule has 4 rings (SSSR count). The van der Waals surface area contributed by atoms with E-state index in [0.29, 0.717) is 27.8 Å². The molecule has 40 heavy (non-hydrogen) atoms. The van der Waals surface area contributed by atoms with Crippen LogP contribution in [0, 0.1) is 12.3 Å². The first-order chi connectivity index (χ1) is 18.2. The number of fused-ring (bicyclic) bond motifs is 1. The Hall–Kier alpha value is -3.69. The monoisotopic (exact) mass is 590 g/mol. The molecule has 11 heteroatoms. The fraction of sp³-hybridized carbons (Fsp3) is 0.241. The Kier molecular flexibility index (Phi) is 9.11. The fourth-order valence-corrected chi connectivity index (χ4v) is 4.04. The molecule has 0 unspecified atom stereocenters. The smallest absolute Gasteiger partial charge is 0.352 e. The van der Waals surface area contributed by atoms with Crippen molar-refractivity contribution in [3.63, 3.8) is 0 Å². The Balaban J connectivity index is 0.00000441. The van der Waals surface area contributed by atoms with E-state index in [0.717, 1.165) is 12.1 Å². The van der Waals surface area contributed by atoms with Crippen molar-refractivity contribution in [1.82, 2.24) is 15.3 Å². The molecule has 0 aliphatic heterocycles. The molecular formula is C29H27Cl2F3N4O2. The molecule has 0 radical (unpaired) electrons. The summed E-state index contributed by atoms with van der Waals surface area (Å²) in [6.45, 7) is 7.39. The molecule has 0 aliphatic carbocycles. The molecule has 3 aromatic carbocycles. The van der Waals surface area contributed by atoms with Crippen molar-refractivity contribution in [2.45, 2.75) is 40.4 Å². The summed E-state index contributed by atoms with van der Waals surface area (Å²) in [7, 11) is 0. The standard InChI is InChI=1S/C29H26ClF3N4O2.ClH/c1-16-21-10-9-20(14-24(21)37-25(35-16)18-6-5-7-19(13-18)29(31,32)33)36-26(38)22-12-17(8-11-23(22)30)15-34-27(39)28(2,3)4;/h5-14H,15H2,1-4H3,(H,34,39)(H,36,38);1H. The topological polar surface area (TPSA) is 84.0 Å². The van der Waals surface area contributed by atoms with Gasteiger partial charge in [-0.25, -0.2) is 9.97 Å². The van der Waals surface area contributed by atoms with Gasteiger partial charge in [0.05, 0.1) is 21.7 Å². The molecule has 0 saturated heterocycles. The Morgan fingerprint density at radius 2 is 1.68 bits per heavy atom. The SMILES string of the molecule is Cc1nc(-c2cccc(C(F)(F)F)c2)nc2cc(NC(=O)c3cc(CNC(=O)C(C)(C)C)ccc3Cl)ccc12.Cl. The number of nitrogens with one attached hydrogen (secondary N) is 2. The van der Waals surface area contributed by atoms with Crippen molar-refractivity contribution in [1.29, 1.82) is 0 Å². The number of benzene rings is 3. The average molecular weight is 591 g/mol. The van der Waals surface area contributed by atoms with Crippen molar-refractivity contribution in [2.24, 2.45) is 5.41 Å². The largest absolute Gasteiger partial charge is 0.416 e. The van der Waals surface area contributed by atoms with Crippen LogP contribution in [0.25, 0.3) is 22.3 Å². The van der Waals surface area contributed by atoms with Crippen LogP contribution in [0.4, 0.5) is 18.9 Å².